The summed E-state index contributed by atoms with van der Waals surface area (Å²) >= 11 is 0. The Morgan fingerprint density at radius 3 is 2.25 bits per heavy atom. The highest BCUT2D eigenvalue weighted by atomic mass is 19.4. The van der Waals surface area contributed by atoms with Gasteiger partial charge in [-0.2, -0.15) is 0 Å². The summed E-state index contributed by atoms with van der Waals surface area (Å²) < 4.78 is 44.9. The first kappa shape index (κ1) is 37.2. The number of fused-ring (bicyclic) bond motifs is 2. The Kier molecular flexibility index (Phi) is 10.3. The van der Waals surface area contributed by atoms with Crippen LogP contribution in [0.3, 0.4) is 0 Å². The molecule has 5 aliphatic rings. The standard InChI is InChI=1S/C43H50F3N7O3/c44-43(45,46)56-36-6-3-32(4-7-36)38-28-52(25-31-21-47-22-31)39-8-1-30(19-37(38)39)24-49-13-11-29(12-14-49)23-50-15-17-51(18-16-50)35-5-2-33-26-53(27-34(33)20-35)40-9-10-41(54)48-42(40)55/h1-8,19-20,28-29,31,40,47H,9-18,21-27H2,(H,48,54,55). The fourth-order valence-electron chi connectivity index (χ4n) is 9.41. The van der Waals surface area contributed by atoms with Gasteiger partial charge in [0.2, 0.25) is 11.8 Å². The van der Waals surface area contributed by atoms with E-state index in [1.54, 1.807) is 12.1 Å². The van der Waals surface area contributed by atoms with E-state index in [1.807, 2.05) is 0 Å². The van der Waals surface area contributed by atoms with Crippen LogP contribution in [0, 0.1) is 11.8 Å². The Morgan fingerprint density at radius 1 is 0.768 bits per heavy atom. The summed E-state index contributed by atoms with van der Waals surface area (Å²) in [5.41, 5.74) is 8.12. The van der Waals surface area contributed by atoms with E-state index in [1.165, 1.54) is 47.4 Å². The zero-order valence-corrected chi connectivity index (χ0v) is 31.7. The minimum atomic E-state index is -4.72. The third-order valence-corrected chi connectivity index (χ3v) is 12.6. The van der Waals surface area contributed by atoms with Crippen molar-refractivity contribution in [2.75, 3.05) is 63.8 Å². The molecule has 1 atom stereocenters. The van der Waals surface area contributed by atoms with Gasteiger partial charge in [0.25, 0.3) is 0 Å². The van der Waals surface area contributed by atoms with Crippen LogP contribution in [0.25, 0.3) is 22.0 Å². The average Bonchev–Trinajstić information content (AvgIpc) is 3.75. The van der Waals surface area contributed by atoms with Crippen molar-refractivity contribution in [3.63, 3.8) is 0 Å². The van der Waals surface area contributed by atoms with Gasteiger partial charge in [0.1, 0.15) is 5.75 Å². The van der Waals surface area contributed by atoms with Crippen molar-refractivity contribution in [3.8, 4) is 16.9 Å². The number of amides is 2. The van der Waals surface area contributed by atoms with Crippen molar-refractivity contribution in [1.29, 1.82) is 0 Å². The van der Waals surface area contributed by atoms with Crippen molar-refractivity contribution >= 4 is 28.4 Å². The Labute approximate surface area is 325 Å². The smallest absolute Gasteiger partial charge is 0.406 e. The molecule has 56 heavy (non-hydrogen) atoms. The van der Waals surface area contributed by atoms with E-state index in [0.29, 0.717) is 24.7 Å². The molecule has 0 spiro atoms. The number of nitrogens with one attached hydrogen (secondary N) is 2. The van der Waals surface area contributed by atoms with Gasteiger partial charge >= 0.3 is 6.36 Å². The largest absolute Gasteiger partial charge is 0.573 e. The highest BCUT2D eigenvalue weighted by Gasteiger charge is 2.35. The molecule has 4 fully saturated rings. The summed E-state index contributed by atoms with van der Waals surface area (Å²) in [4.78, 5) is 34.0. The van der Waals surface area contributed by atoms with Gasteiger partial charge in [-0.3, -0.25) is 29.6 Å². The quantitative estimate of drug-likeness (QED) is 0.203. The number of hydrogen-bond donors (Lipinski definition) is 2. The number of alkyl halides is 3. The molecular weight excluding hydrogens is 720 g/mol. The zero-order chi connectivity index (χ0) is 38.4. The van der Waals surface area contributed by atoms with Gasteiger partial charge < -0.3 is 19.5 Å². The predicted octanol–water partition coefficient (Wildman–Crippen LogP) is 5.58. The maximum absolute atomic E-state index is 12.8. The van der Waals surface area contributed by atoms with Gasteiger partial charge in [-0.1, -0.05) is 24.3 Å². The number of nitrogens with zero attached hydrogens (tertiary/aromatic N) is 5. The van der Waals surface area contributed by atoms with Gasteiger partial charge in [-0.15, -0.1) is 13.2 Å². The van der Waals surface area contributed by atoms with Gasteiger partial charge in [-0.05, 0) is 96.9 Å². The molecule has 13 heteroatoms. The molecule has 9 rings (SSSR count). The number of carbonyl (C=O) groups excluding carboxylic acids is 2. The van der Waals surface area contributed by atoms with Crippen LogP contribution in [0.2, 0.25) is 0 Å². The van der Waals surface area contributed by atoms with Crippen LogP contribution in [-0.2, 0) is 35.8 Å². The summed E-state index contributed by atoms with van der Waals surface area (Å²) in [6, 6.07) is 19.5. The van der Waals surface area contributed by atoms with Crippen molar-refractivity contribution in [2.45, 2.75) is 64.3 Å². The number of ether oxygens (including phenoxy) is 1. The van der Waals surface area contributed by atoms with Gasteiger partial charge in [-0.25, -0.2) is 0 Å². The molecule has 2 amide bonds. The van der Waals surface area contributed by atoms with E-state index in [0.717, 1.165) is 107 Å². The van der Waals surface area contributed by atoms with Crippen LogP contribution in [-0.4, -0.2) is 102 Å². The average molecular weight is 770 g/mol. The van der Waals surface area contributed by atoms with Crippen molar-refractivity contribution < 1.29 is 27.5 Å². The molecule has 10 nitrogen and oxygen atoms in total. The first-order chi connectivity index (χ1) is 27.1. The van der Waals surface area contributed by atoms with Crippen molar-refractivity contribution in [1.82, 2.24) is 29.9 Å². The number of piperazine rings is 1. The molecule has 6 heterocycles. The number of halogens is 3. The van der Waals surface area contributed by atoms with Crippen molar-refractivity contribution in [3.05, 3.63) is 83.6 Å². The molecule has 0 radical (unpaired) electrons. The predicted molar refractivity (Wildman–Crippen MR) is 209 cm³/mol. The van der Waals surface area contributed by atoms with E-state index in [4.69, 9.17) is 0 Å². The third kappa shape index (κ3) is 8.18. The Balaban J connectivity index is 0.775. The first-order valence-corrected chi connectivity index (χ1v) is 20.2. The molecule has 5 aliphatic heterocycles. The highest BCUT2D eigenvalue weighted by molar-refractivity contribution is 6.00. The number of carbonyl (C=O) groups is 2. The molecular formula is C43H50F3N7O3. The van der Waals surface area contributed by atoms with Gasteiger partial charge in [0, 0.05) is 113 Å². The number of piperidine rings is 2. The zero-order valence-electron chi connectivity index (χ0n) is 31.7. The van der Waals surface area contributed by atoms with E-state index in [9.17, 15) is 22.8 Å². The second-order valence-electron chi connectivity index (χ2n) is 16.5. The number of aromatic nitrogens is 1. The molecule has 2 N–H and O–H groups in total. The van der Waals surface area contributed by atoms with Crippen LogP contribution < -0.4 is 20.3 Å². The molecule has 1 unspecified atom stereocenters. The lowest BCUT2D eigenvalue weighted by Gasteiger charge is -2.39. The number of hydrogen-bond acceptors (Lipinski definition) is 8. The monoisotopic (exact) mass is 769 g/mol. The minimum Gasteiger partial charge on any atom is -0.406 e. The van der Waals surface area contributed by atoms with E-state index < -0.39 is 6.36 Å². The SMILES string of the molecule is O=C1CCC(N2Cc3ccc(N4CCN(CC5CCN(Cc6ccc7c(c6)c(-c6ccc(OC(F)(F)F)cc6)cn7CC6CNC6)CC5)CC4)cc3C2)C(=O)N1. The normalized spacial score (nSPS) is 22.1. The topological polar surface area (TPSA) is 85.3 Å². The fraction of sp³-hybridized carbons (Fsp3) is 0.488. The van der Waals surface area contributed by atoms with Crippen LogP contribution >= 0.6 is 0 Å². The van der Waals surface area contributed by atoms with Gasteiger partial charge in [0.05, 0.1) is 6.04 Å². The Hall–Kier alpha value is -4.43. The van der Waals surface area contributed by atoms with Crippen molar-refractivity contribution in [2.24, 2.45) is 11.8 Å². The molecule has 4 saturated heterocycles. The van der Waals surface area contributed by atoms with E-state index in [-0.39, 0.29) is 23.6 Å². The lowest BCUT2D eigenvalue weighted by atomic mass is 9.95. The molecule has 0 aliphatic carbocycles. The number of imide groups is 1. The third-order valence-electron chi connectivity index (χ3n) is 12.6. The van der Waals surface area contributed by atoms with Crippen LogP contribution in [0.1, 0.15) is 42.4 Å². The minimum absolute atomic E-state index is 0.165. The fourth-order valence-corrected chi connectivity index (χ4v) is 9.41. The summed E-state index contributed by atoms with van der Waals surface area (Å²) in [5.74, 6) is 0.703. The highest BCUT2D eigenvalue weighted by Crippen LogP contribution is 2.35. The summed E-state index contributed by atoms with van der Waals surface area (Å²) in [6.45, 7) is 12.7. The molecule has 4 aromatic rings. The summed E-state index contributed by atoms with van der Waals surface area (Å²) in [5, 5.41) is 6.99. The molecule has 296 valence electrons. The summed E-state index contributed by atoms with van der Waals surface area (Å²) in [7, 11) is 0. The lowest BCUT2D eigenvalue weighted by Crippen LogP contribution is -2.50. The lowest BCUT2D eigenvalue weighted by molar-refractivity contribution is -0.274. The van der Waals surface area contributed by atoms with E-state index in [2.05, 4.69) is 82.1 Å². The number of likely N-dealkylation sites (tertiary alicyclic amines) is 1. The second kappa shape index (κ2) is 15.5. The summed E-state index contributed by atoms with van der Waals surface area (Å²) in [6.07, 6.45) is 0.796. The molecule has 0 saturated carbocycles. The van der Waals surface area contributed by atoms with Gasteiger partial charge in [0.15, 0.2) is 0 Å². The Morgan fingerprint density at radius 2 is 1.54 bits per heavy atom. The number of anilines is 1. The van der Waals surface area contributed by atoms with E-state index >= 15 is 0 Å². The molecule has 0 bridgehead atoms. The van der Waals surface area contributed by atoms with Crippen LogP contribution in [0.15, 0.2) is 66.9 Å². The van der Waals surface area contributed by atoms with Crippen LogP contribution in [0.5, 0.6) is 5.75 Å². The maximum Gasteiger partial charge on any atom is 0.573 e. The maximum atomic E-state index is 12.8. The molecule has 3 aromatic carbocycles. The number of benzene rings is 3. The number of rotatable bonds is 10. The Bertz CT molecular complexity index is 2070. The second-order valence-corrected chi connectivity index (χ2v) is 16.5. The van der Waals surface area contributed by atoms with Crippen LogP contribution in [0.4, 0.5) is 18.9 Å². The molecule has 1 aromatic heterocycles. The first-order valence-electron chi connectivity index (χ1n) is 20.2.